The molecule has 0 aliphatic heterocycles. The first-order chi connectivity index (χ1) is 9.13. The highest BCUT2D eigenvalue weighted by atomic mass is 35.5. The van der Waals surface area contributed by atoms with Gasteiger partial charge in [-0.25, -0.2) is 8.42 Å². The van der Waals surface area contributed by atoms with E-state index in [0.29, 0.717) is 0 Å². The number of nitrogens with one attached hydrogen (secondary N) is 1. The van der Waals surface area contributed by atoms with E-state index in [4.69, 9.17) is 11.6 Å². The molecule has 0 aliphatic rings. The van der Waals surface area contributed by atoms with Gasteiger partial charge in [-0.15, -0.1) is 24.8 Å². The van der Waals surface area contributed by atoms with Crippen molar-refractivity contribution in [1.82, 2.24) is 0 Å². The highest BCUT2D eigenvalue weighted by molar-refractivity contribution is 7.92. The predicted molar refractivity (Wildman–Crippen MR) is 70.4 cm³/mol. The fourth-order valence-corrected chi connectivity index (χ4v) is 3.09. The second-order valence-electron chi connectivity index (χ2n) is 4.19. The van der Waals surface area contributed by atoms with Crippen LogP contribution in [0.15, 0.2) is 24.3 Å². The number of halogens is 4. The Morgan fingerprint density at radius 2 is 1.95 bits per heavy atom. The Morgan fingerprint density at radius 3 is 2.50 bits per heavy atom. The highest BCUT2D eigenvalue weighted by Gasteiger charge is 2.32. The minimum atomic E-state index is -4.90. The van der Waals surface area contributed by atoms with Gasteiger partial charge in [0.05, 0.1) is 11.4 Å². The smallest absolute Gasteiger partial charge is 0.404 e. The zero-order valence-corrected chi connectivity index (χ0v) is 12.0. The van der Waals surface area contributed by atoms with Crippen molar-refractivity contribution in [1.29, 1.82) is 0 Å². The van der Waals surface area contributed by atoms with Crippen LogP contribution in [0.5, 0.6) is 5.75 Å². The van der Waals surface area contributed by atoms with Crippen LogP contribution in [0.25, 0.3) is 0 Å². The SMILES string of the molecule is CC(CCl)CS(=O)(=O)Nc1ccccc1OC(F)(F)F. The van der Waals surface area contributed by atoms with E-state index in [9.17, 15) is 21.6 Å². The zero-order valence-electron chi connectivity index (χ0n) is 10.4. The van der Waals surface area contributed by atoms with Crippen LogP contribution in [0.2, 0.25) is 0 Å². The molecular formula is C11H13ClF3NO3S. The summed E-state index contributed by atoms with van der Waals surface area (Å²) in [4.78, 5) is 0. The van der Waals surface area contributed by atoms with Crippen LogP contribution >= 0.6 is 11.6 Å². The summed E-state index contributed by atoms with van der Waals surface area (Å²) in [6.07, 6.45) is -4.90. The number of ether oxygens (including phenoxy) is 1. The number of anilines is 1. The van der Waals surface area contributed by atoms with Gasteiger partial charge >= 0.3 is 6.36 Å². The molecule has 0 saturated carbocycles. The van der Waals surface area contributed by atoms with Crippen molar-refractivity contribution < 1.29 is 26.3 Å². The van der Waals surface area contributed by atoms with Gasteiger partial charge in [-0.05, 0) is 18.1 Å². The Bertz CT molecular complexity index is 548. The van der Waals surface area contributed by atoms with Crippen LogP contribution in [-0.2, 0) is 10.0 Å². The lowest BCUT2D eigenvalue weighted by Crippen LogP contribution is -2.23. The van der Waals surface area contributed by atoms with Crippen LogP contribution in [0, 0.1) is 5.92 Å². The molecule has 1 atom stereocenters. The van der Waals surface area contributed by atoms with Crippen molar-refractivity contribution in [2.75, 3.05) is 16.4 Å². The molecule has 1 N–H and O–H groups in total. The number of hydrogen-bond donors (Lipinski definition) is 1. The molecule has 0 bridgehead atoms. The number of sulfonamides is 1. The maximum absolute atomic E-state index is 12.2. The van der Waals surface area contributed by atoms with Crippen LogP contribution in [0.4, 0.5) is 18.9 Å². The summed E-state index contributed by atoms with van der Waals surface area (Å²) in [6.45, 7) is 1.62. The fourth-order valence-electron chi connectivity index (χ4n) is 1.39. The molecule has 1 rings (SSSR count). The summed E-state index contributed by atoms with van der Waals surface area (Å²) < 4.78 is 66.0. The molecule has 9 heteroatoms. The van der Waals surface area contributed by atoms with E-state index in [1.165, 1.54) is 18.2 Å². The molecule has 1 aromatic rings. The third-order valence-corrected chi connectivity index (χ3v) is 4.21. The summed E-state index contributed by atoms with van der Waals surface area (Å²) in [5, 5.41) is 0. The molecule has 0 aromatic heterocycles. The number of hydrogen-bond acceptors (Lipinski definition) is 3. The molecule has 1 aromatic carbocycles. The van der Waals surface area contributed by atoms with Crippen molar-refractivity contribution >= 4 is 27.3 Å². The standard InChI is InChI=1S/C11H13ClF3NO3S/c1-8(6-12)7-20(17,18)16-9-4-2-3-5-10(9)19-11(13,14)15/h2-5,8,16H,6-7H2,1H3. The van der Waals surface area contributed by atoms with E-state index in [2.05, 4.69) is 9.46 Å². The second-order valence-corrected chi connectivity index (χ2v) is 6.26. The monoisotopic (exact) mass is 331 g/mol. The first kappa shape index (κ1) is 16.9. The minimum Gasteiger partial charge on any atom is -0.404 e. The lowest BCUT2D eigenvalue weighted by molar-refractivity contribution is -0.274. The second kappa shape index (κ2) is 6.53. The Kier molecular flexibility index (Phi) is 5.52. The normalized spacial score (nSPS) is 13.8. The van der Waals surface area contributed by atoms with Gasteiger partial charge < -0.3 is 4.74 Å². The van der Waals surface area contributed by atoms with Gasteiger partial charge in [-0.3, -0.25) is 4.72 Å². The number of alkyl halides is 4. The molecule has 0 saturated heterocycles. The number of benzene rings is 1. The average molecular weight is 332 g/mol. The van der Waals surface area contributed by atoms with Crippen LogP contribution in [0.1, 0.15) is 6.92 Å². The fraction of sp³-hybridized carbons (Fsp3) is 0.455. The molecule has 0 amide bonds. The Labute approximate surface area is 119 Å². The van der Waals surface area contributed by atoms with E-state index < -0.39 is 22.1 Å². The Balaban J connectivity index is 2.92. The van der Waals surface area contributed by atoms with E-state index in [1.54, 1.807) is 6.92 Å². The molecule has 4 nitrogen and oxygen atoms in total. The van der Waals surface area contributed by atoms with Crippen LogP contribution in [-0.4, -0.2) is 26.4 Å². The van der Waals surface area contributed by atoms with E-state index >= 15 is 0 Å². The third-order valence-electron chi connectivity index (χ3n) is 2.15. The van der Waals surface area contributed by atoms with E-state index in [0.717, 1.165) is 6.07 Å². The summed E-state index contributed by atoms with van der Waals surface area (Å²) in [5.41, 5.74) is -0.272. The zero-order chi connectivity index (χ0) is 15.4. The first-order valence-electron chi connectivity index (χ1n) is 5.54. The lowest BCUT2D eigenvalue weighted by atomic mass is 10.3. The van der Waals surface area contributed by atoms with Crippen molar-refractivity contribution in [3.63, 3.8) is 0 Å². The van der Waals surface area contributed by atoms with Crippen molar-refractivity contribution in [3.8, 4) is 5.75 Å². The van der Waals surface area contributed by atoms with Gasteiger partial charge in [0, 0.05) is 5.88 Å². The summed E-state index contributed by atoms with van der Waals surface area (Å²) in [6, 6.07) is 4.91. The van der Waals surface area contributed by atoms with E-state index in [1.807, 2.05) is 0 Å². The maximum atomic E-state index is 12.2. The summed E-state index contributed by atoms with van der Waals surface area (Å²) in [7, 11) is -3.81. The van der Waals surface area contributed by atoms with E-state index in [-0.39, 0.29) is 23.2 Å². The average Bonchev–Trinajstić information content (AvgIpc) is 2.28. The van der Waals surface area contributed by atoms with Crippen LogP contribution < -0.4 is 9.46 Å². The van der Waals surface area contributed by atoms with Crippen molar-refractivity contribution in [2.24, 2.45) is 5.92 Å². The molecule has 0 spiro atoms. The van der Waals surface area contributed by atoms with Gasteiger partial charge in [0.25, 0.3) is 0 Å². The Hall–Kier alpha value is -1.15. The van der Waals surface area contributed by atoms with Crippen molar-refractivity contribution in [2.45, 2.75) is 13.3 Å². The molecular weight excluding hydrogens is 319 g/mol. The lowest BCUT2D eigenvalue weighted by Gasteiger charge is -2.15. The quantitative estimate of drug-likeness (QED) is 0.814. The molecule has 0 fully saturated rings. The molecule has 20 heavy (non-hydrogen) atoms. The molecule has 0 radical (unpaired) electrons. The topological polar surface area (TPSA) is 55.4 Å². The van der Waals surface area contributed by atoms with Gasteiger partial charge in [-0.2, -0.15) is 0 Å². The molecule has 1 unspecified atom stereocenters. The third kappa shape index (κ3) is 5.87. The number of para-hydroxylation sites is 2. The van der Waals surface area contributed by atoms with Gasteiger partial charge in [0.15, 0.2) is 5.75 Å². The minimum absolute atomic E-state index is 0.127. The van der Waals surface area contributed by atoms with Gasteiger partial charge in [0.1, 0.15) is 0 Å². The molecule has 114 valence electrons. The largest absolute Gasteiger partial charge is 0.573 e. The number of rotatable bonds is 6. The predicted octanol–water partition coefficient (Wildman–Crippen LogP) is 3.20. The molecule has 0 aliphatic carbocycles. The van der Waals surface area contributed by atoms with Gasteiger partial charge in [-0.1, -0.05) is 19.1 Å². The highest BCUT2D eigenvalue weighted by Crippen LogP contribution is 2.30. The molecule has 0 heterocycles. The van der Waals surface area contributed by atoms with Gasteiger partial charge in [0.2, 0.25) is 10.0 Å². The Morgan fingerprint density at radius 1 is 1.35 bits per heavy atom. The van der Waals surface area contributed by atoms with Crippen LogP contribution in [0.3, 0.4) is 0 Å². The summed E-state index contributed by atoms with van der Waals surface area (Å²) in [5.74, 6) is -1.11. The maximum Gasteiger partial charge on any atom is 0.573 e. The summed E-state index contributed by atoms with van der Waals surface area (Å²) >= 11 is 5.51. The first-order valence-corrected chi connectivity index (χ1v) is 7.73. The van der Waals surface area contributed by atoms with Crippen molar-refractivity contribution in [3.05, 3.63) is 24.3 Å².